The van der Waals surface area contributed by atoms with Crippen LogP contribution in [0.25, 0.3) is 237 Å². The molecule has 12 heteroatoms. The van der Waals surface area contributed by atoms with E-state index in [1.807, 2.05) is 52.2 Å². The van der Waals surface area contributed by atoms with Gasteiger partial charge in [0.2, 0.25) is 0 Å². The molecule has 0 aliphatic rings. The van der Waals surface area contributed by atoms with Gasteiger partial charge in [0.1, 0.15) is 11.2 Å². The smallest absolute Gasteiger partial charge is 0.135 e. The summed E-state index contributed by atoms with van der Waals surface area (Å²) in [6.07, 6.45) is 0. The van der Waals surface area contributed by atoms with E-state index in [1.165, 1.54) is 209 Å². The van der Waals surface area contributed by atoms with Gasteiger partial charge >= 0.3 is 0 Å². The Morgan fingerprint density at radius 2 is 0.492 bits per heavy atom. The molecule has 0 atom stereocenters. The van der Waals surface area contributed by atoms with Crippen LogP contribution in [0.5, 0.6) is 0 Å². The molecule has 8 aromatic heterocycles. The van der Waals surface area contributed by atoms with Crippen molar-refractivity contribution in [1.82, 2.24) is 18.3 Å². The SMILES string of the molecule is Brc1ccccc1-c1ccc2c3ccccc3n(-c3ccc4c(c3)sc3ccccc34)c2c1.Brc1ccccc1-c1ccc2c3ccccc3n(-c3ccc4oc5ccccc5c4c3)c2c1.Brc1ccccc1-c1ccc2c3ccccc3n(-c3cccc4c3sc3ccccc34)c2c1.Brc1ccccc1-c1ccc2c3ccccc3n(-c3cccc4sc5ccccc5c34)c2c1. The van der Waals surface area contributed by atoms with Crippen molar-refractivity contribution in [3.05, 3.63) is 455 Å². The lowest BCUT2D eigenvalue weighted by Crippen LogP contribution is -1.94. The molecule has 0 bridgehead atoms. The maximum atomic E-state index is 6.08. The van der Waals surface area contributed by atoms with E-state index < -0.39 is 0 Å². The topological polar surface area (TPSA) is 32.9 Å². The van der Waals surface area contributed by atoms with E-state index in [1.54, 1.807) is 0 Å². The summed E-state index contributed by atoms with van der Waals surface area (Å²) in [6, 6.07) is 157. The van der Waals surface area contributed by atoms with Gasteiger partial charge in [-0.1, -0.05) is 355 Å². The number of para-hydroxylation sites is 5. The minimum absolute atomic E-state index is 0.912. The molecule has 5 nitrogen and oxygen atoms in total. The van der Waals surface area contributed by atoms with Crippen molar-refractivity contribution in [3.8, 4) is 67.3 Å². The summed E-state index contributed by atoms with van der Waals surface area (Å²) >= 11 is 20.6. The van der Waals surface area contributed by atoms with Gasteiger partial charge in [-0.15, -0.1) is 34.0 Å². The van der Waals surface area contributed by atoms with E-state index in [-0.39, 0.29) is 0 Å². The second kappa shape index (κ2) is 33.1. The average Bonchev–Trinajstić information content (AvgIpc) is 1.57. The van der Waals surface area contributed by atoms with Crippen LogP contribution in [0.3, 0.4) is 0 Å². The minimum Gasteiger partial charge on any atom is -0.456 e. The molecule has 0 spiro atoms. The van der Waals surface area contributed by atoms with Crippen LogP contribution in [-0.4, -0.2) is 18.3 Å². The number of aromatic nitrogens is 4. The van der Waals surface area contributed by atoms with Gasteiger partial charge in [0.25, 0.3) is 0 Å². The molecular formula is C120H72Br4N4OS3. The van der Waals surface area contributed by atoms with Crippen molar-refractivity contribution in [3.63, 3.8) is 0 Å². The Balaban J connectivity index is 0.0000000945. The summed E-state index contributed by atoms with van der Waals surface area (Å²) in [5.74, 6) is 0. The third-order valence-corrected chi connectivity index (χ3v) is 32.2. The Morgan fingerprint density at radius 1 is 0.182 bits per heavy atom. The van der Waals surface area contributed by atoms with Gasteiger partial charge in [-0.2, -0.15) is 0 Å². The largest absolute Gasteiger partial charge is 0.456 e. The van der Waals surface area contributed by atoms with Crippen LogP contribution in [0.2, 0.25) is 0 Å². The molecule has 20 aromatic carbocycles. The second-order valence-corrected chi connectivity index (χ2v) is 40.0. The highest BCUT2D eigenvalue weighted by atomic mass is 79.9. The molecule has 28 aromatic rings. The Bertz CT molecular complexity index is 9520. The predicted octanol–water partition coefficient (Wildman–Crippen LogP) is 37.9. The maximum absolute atomic E-state index is 6.08. The number of benzene rings is 20. The minimum atomic E-state index is 0.912. The first-order valence-electron chi connectivity index (χ1n) is 43.9. The summed E-state index contributed by atoms with van der Waals surface area (Å²) in [6.45, 7) is 0. The Labute approximate surface area is 804 Å². The van der Waals surface area contributed by atoms with Crippen molar-refractivity contribution in [2.75, 3.05) is 0 Å². The lowest BCUT2D eigenvalue weighted by Gasteiger charge is -2.11. The van der Waals surface area contributed by atoms with Crippen LogP contribution < -0.4 is 0 Å². The van der Waals surface area contributed by atoms with Gasteiger partial charge in [-0.05, 0) is 190 Å². The molecule has 0 saturated heterocycles. The van der Waals surface area contributed by atoms with Crippen molar-refractivity contribution in [2.45, 2.75) is 0 Å². The molecule has 8 heterocycles. The number of hydrogen-bond acceptors (Lipinski definition) is 4. The molecule has 0 saturated carbocycles. The summed E-state index contributed by atoms with van der Waals surface area (Å²) in [7, 11) is 0. The van der Waals surface area contributed by atoms with Crippen LogP contribution in [0.15, 0.2) is 459 Å². The molecule has 0 aliphatic heterocycles. The zero-order chi connectivity index (χ0) is 87.8. The standard InChI is InChI=1S/C30H18BrNO.3C30H18BrNS/c31-26-10-4-1-7-21(26)19-13-15-23-22-8-2-5-11-27(22)32(28(23)17-19)20-14-16-30-25(18-20)24-9-3-6-12-29(24)33-30;31-25-12-4-1-8-20(25)19-16-17-22-21-9-2-5-13-26(21)32(28(22)18-19)27-14-7-11-24-23-10-3-6-15-29(23)33-30(24)27;31-24-11-4-1-8-20(24)19-16-17-22-21-9-2-5-12-25(21)32(27(22)18-19)26-13-7-15-29-30(26)23-10-3-6-14-28(23)33-29;31-26-10-4-1-7-21(26)19-13-15-23-22-8-2-5-11-27(22)32(28(23)17-19)20-14-16-25-24-9-3-6-12-29(24)33-30(25)18-20/h4*1-18H. The van der Waals surface area contributed by atoms with Crippen LogP contribution in [0.1, 0.15) is 0 Å². The highest BCUT2D eigenvalue weighted by Gasteiger charge is 2.24. The lowest BCUT2D eigenvalue weighted by molar-refractivity contribution is 0.669. The van der Waals surface area contributed by atoms with Crippen LogP contribution in [-0.2, 0) is 0 Å². The van der Waals surface area contributed by atoms with Gasteiger partial charge in [0.15, 0.2) is 0 Å². The van der Waals surface area contributed by atoms with E-state index >= 15 is 0 Å². The maximum Gasteiger partial charge on any atom is 0.135 e. The van der Waals surface area contributed by atoms with E-state index in [2.05, 4.69) is 501 Å². The molecule has 132 heavy (non-hydrogen) atoms. The molecule has 0 N–H and O–H groups in total. The number of hydrogen-bond donors (Lipinski definition) is 0. The van der Waals surface area contributed by atoms with E-state index in [9.17, 15) is 0 Å². The molecule has 0 aliphatic carbocycles. The quantitative estimate of drug-likeness (QED) is 0.149. The highest BCUT2D eigenvalue weighted by Crippen LogP contribution is 2.48. The van der Waals surface area contributed by atoms with Gasteiger partial charge in [0, 0.05) is 139 Å². The number of nitrogens with zero attached hydrogens (tertiary/aromatic N) is 4. The zero-order valence-corrected chi connectivity index (χ0v) is 79.3. The van der Waals surface area contributed by atoms with E-state index in [0.717, 1.165) is 45.5 Å². The molecule has 28 rings (SSSR count). The van der Waals surface area contributed by atoms with Crippen molar-refractivity contribution < 1.29 is 4.42 Å². The Morgan fingerprint density at radius 3 is 0.985 bits per heavy atom. The third-order valence-electron chi connectivity index (χ3n) is 25.9. The fourth-order valence-corrected chi connectivity index (χ4v) is 25.5. The molecule has 0 radical (unpaired) electrons. The van der Waals surface area contributed by atoms with E-state index in [0.29, 0.717) is 0 Å². The molecule has 0 amide bonds. The fraction of sp³-hybridized carbons (Fsp3) is 0. The average molecular weight is 2000 g/mol. The van der Waals surface area contributed by atoms with Gasteiger partial charge in [-0.25, -0.2) is 0 Å². The first-order valence-corrected chi connectivity index (χ1v) is 49.5. The number of furan rings is 1. The number of rotatable bonds is 8. The third kappa shape index (κ3) is 13.6. The number of fused-ring (bicyclic) bond motifs is 24. The molecular weight excluding hydrogens is 1930 g/mol. The van der Waals surface area contributed by atoms with Crippen molar-refractivity contribution >= 4 is 267 Å². The molecule has 624 valence electrons. The van der Waals surface area contributed by atoms with Crippen LogP contribution >= 0.6 is 97.7 Å². The zero-order valence-electron chi connectivity index (χ0n) is 70.5. The molecule has 0 fully saturated rings. The summed E-state index contributed by atoms with van der Waals surface area (Å²) in [5, 5.41) is 20.4. The van der Waals surface area contributed by atoms with Crippen LogP contribution in [0.4, 0.5) is 0 Å². The first kappa shape index (κ1) is 80.1. The predicted molar refractivity (Wildman–Crippen MR) is 582 cm³/mol. The van der Waals surface area contributed by atoms with Crippen molar-refractivity contribution in [2.24, 2.45) is 0 Å². The Hall–Kier alpha value is -14.0. The number of thiophene rings is 3. The van der Waals surface area contributed by atoms with Gasteiger partial charge < -0.3 is 22.7 Å². The number of halogens is 4. The summed E-state index contributed by atoms with van der Waals surface area (Å²) < 4.78 is 28.1. The van der Waals surface area contributed by atoms with Crippen LogP contribution in [0, 0.1) is 0 Å². The highest BCUT2D eigenvalue weighted by molar-refractivity contribution is 9.11. The first-order chi connectivity index (χ1) is 65.1. The summed E-state index contributed by atoms with van der Waals surface area (Å²) in [4.78, 5) is 0. The Kier molecular flexibility index (Phi) is 20.1. The fourth-order valence-electron chi connectivity index (χ4n) is 20.0. The lowest BCUT2D eigenvalue weighted by atomic mass is 10.0. The monoisotopic (exact) mass is 2000 g/mol. The van der Waals surface area contributed by atoms with Gasteiger partial charge in [0.05, 0.1) is 60.2 Å². The molecule has 0 unspecified atom stereocenters. The van der Waals surface area contributed by atoms with Crippen molar-refractivity contribution in [1.29, 1.82) is 0 Å². The second-order valence-electron chi connectivity index (χ2n) is 33.3. The summed E-state index contributed by atoms with van der Waals surface area (Å²) in [5.41, 5.74) is 26.0. The van der Waals surface area contributed by atoms with E-state index in [4.69, 9.17) is 4.42 Å². The normalized spacial score (nSPS) is 11.8. The van der Waals surface area contributed by atoms with Gasteiger partial charge in [-0.3, -0.25) is 0 Å².